The third kappa shape index (κ3) is 4.83. The van der Waals surface area contributed by atoms with Gasteiger partial charge in [0.1, 0.15) is 6.10 Å². The molecule has 1 aromatic heterocycles. The molecule has 0 unspecified atom stereocenters. The average molecular weight is 332 g/mol. The second kappa shape index (κ2) is 6.84. The Balaban J connectivity index is 1.82. The molecule has 9 heteroatoms. The summed E-state index contributed by atoms with van der Waals surface area (Å²) in [6.07, 6.45) is -1.79. The van der Waals surface area contributed by atoms with Crippen molar-refractivity contribution in [3.63, 3.8) is 0 Å². The molecule has 1 aliphatic carbocycles. The molecule has 0 atom stereocenters. The molecular weight excluding hydrogens is 317 g/mol. The molecule has 1 heterocycles. The third-order valence-corrected chi connectivity index (χ3v) is 3.55. The molecule has 2 rings (SSSR count). The monoisotopic (exact) mass is 332 g/mol. The normalized spacial score (nSPS) is 21.5. The number of nitrogens with one attached hydrogen (secondary N) is 1. The van der Waals surface area contributed by atoms with Crippen LogP contribution in [0.15, 0.2) is 18.3 Å². The number of ether oxygens (including phenoxy) is 1. The molecule has 23 heavy (non-hydrogen) atoms. The number of carboxylic acid groups (broad SMARTS) is 1. The Morgan fingerprint density at radius 3 is 2.35 bits per heavy atom. The molecule has 0 spiro atoms. The number of hydrogen-bond donors (Lipinski definition) is 2. The first kappa shape index (κ1) is 17.0. The van der Waals surface area contributed by atoms with Crippen LogP contribution in [0.2, 0.25) is 0 Å². The van der Waals surface area contributed by atoms with Gasteiger partial charge in [0.2, 0.25) is 5.88 Å². The number of amides is 1. The standard InChI is InChI=1S/C14H15F3N2O4/c15-14(16,17)8-1-6-11(18-7-8)23-10-4-2-9(3-5-10)19-12(20)13(21)22/h1,6-7,9-10H,2-5H2,(H,19,20)(H,21,22)/t9-,10-. The largest absolute Gasteiger partial charge is 0.474 e. The van der Waals surface area contributed by atoms with Gasteiger partial charge < -0.3 is 15.2 Å². The van der Waals surface area contributed by atoms with Gasteiger partial charge in [-0.25, -0.2) is 9.78 Å². The summed E-state index contributed by atoms with van der Waals surface area (Å²) >= 11 is 0. The van der Waals surface area contributed by atoms with E-state index in [0.717, 1.165) is 6.07 Å². The highest BCUT2D eigenvalue weighted by Crippen LogP contribution is 2.30. The number of pyridine rings is 1. The number of nitrogens with zero attached hydrogens (tertiary/aromatic N) is 1. The molecule has 1 saturated carbocycles. The third-order valence-electron chi connectivity index (χ3n) is 3.55. The van der Waals surface area contributed by atoms with E-state index in [0.29, 0.717) is 31.9 Å². The van der Waals surface area contributed by atoms with Crippen LogP contribution < -0.4 is 10.1 Å². The van der Waals surface area contributed by atoms with E-state index in [1.807, 2.05) is 0 Å². The lowest BCUT2D eigenvalue weighted by molar-refractivity contribution is -0.150. The minimum atomic E-state index is -4.44. The van der Waals surface area contributed by atoms with Crippen molar-refractivity contribution in [2.45, 2.75) is 44.0 Å². The van der Waals surface area contributed by atoms with Crippen LogP contribution in [-0.4, -0.2) is 34.1 Å². The van der Waals surface area contributed by atoms with Gasteiger partial charge in [-0.3, -0.25) is 4.79 Å². The fraction of sp³-hybridized carbons (Fsp3) is 0.500. The maximum atomic E-state index is 12.4. The lowest BCUT2D eigenvalue weighted by Gasteiger charge is -2.28. The summed E-state index contributed by atoms with van der Waals surface area (Å²) in [6, 6.07) is 1.83. The number of aliphatic carboxylic acids is 1. The Bertz CT molecular complexity index is 566. The molecule has 0 aliphatic heterocycles. The zero-order valence-corrected chi connectivity index (χ0v) is 12.0. The quantitative estimate of drug-likeness (QED) is 0.827. The second-order valence-electron chi connectivity index (χ2n) is 5.25. The summed E-state index contributed by atoms with van der Waals surface area (Å²) in [5.74, 6) is -2.47. The van der Waals surface area contributed by atoms with Gasteiger partial charge in [-0.2, -0.15) is 13.2 Å². The van der Waals surface area contributed by atoms with E-state index >= 15 is 0 Å². The van der Waals surface area contributed by atoms with Crippen LogP contribution in [0.1, 0.15) is 31.2 Å². The number of aromatic nitrogens is 1. The van der Waals surface area contributed by atoms with Gasteiger partial charge in [0, 0.05) is 18.3 Å². The highest BCUT2D eigenvalue weighted by Gasteiger charge is 2.31. The van der Waals surface area contributed by atoms with E-state index < -0.39 is 23.6 Å². The molecule has 0 aromatic carbocycles. The topological polar surface area (TPSA) is 88.5 Å². The van der Waals surface area contributed by atoms with Gasteiger partial charge in [0.25, 0.3) is 0 Å². The summed E-state index contributed by atoms with van der Waals surface area (Å²) in [4.78, 5) is 25.1. The number of carbonyl (C=O) groups excluding carboxylic acids is 1. The van der Waals surface area contributed by atoms with Crippen LogP contribution in [0.3, 0.4) is 0 Å². The minimum absolute atomic E-state index is 0.107. The SMILES string of the molecule is O=C(O)C(=O)N[C@H]1CC[C@H](Oc2ccc(C(F)(F)F)cn2)CC1. The molecule has 0 bridgehead atoms. The van der Waals surface area contributed by atoms with Gasteiger partial charge in [0.05, 0.1) is 5.56 Å². The number of alkyl halides is 3. The van der Waals surface area contributed by atoms with Crippen LogP contribution >= 0.6 is 0 Å². The highest BCUT2D eigenvalue weighted by molar-refractivity contribution is 6.31. The van der Waals surface area contributed by atoms with Gasteiger partial charge in [-0.1, -0.05) is 0 Å². The van der Waals surface area contributed by atoms with E-state index in [-0.39, 0.29) is 18.0 Å². The van der Waals surface area contributed by atoms with Crippen LogP contribution in [0.4, 0.5) is 13.2 Å². The van der Waals surface area contributed by atoms with E-state index in [4.69, 9.17) is 9.84 Å². The number of rotatable bonds is 3. The Morgan fingerprint density at radius 2 is 1.87 bits per heavy atom. The number of halogens is 3. The van der Waals surface area contributed by atoms with Crippen molar-refractivity contribution in [2.24, 2.45) is 0 Å². The first-order valence-corrected chi connectivity index (χ1v) is 6.99. The summed E-state index contributed by atoms with van der Waals surface area (Å²) < 4.78 is 42.8. The zero-order valence-electron chi connectivity index (χ0n) is 12.0. The molecule has 1 aromatic rings. The van der Waals surface area contributed by atoms with E-state index in [1.165, 1.54) is 6.07 Å². The van der Waals surface area contributed by atoms with Crippen LogP contribution in [0.25, 0.3) is 0 Å². The lowest BCUT2D eigenvalue weighted by atomic mass is 9.93. The predicted octanol–water partition coefficient (Wildman–Crippen LogP) is 1.99. The Kier molecular flexibility index (Phi) is 5.07. The molecule has 1 fully saturated rings. The molecule has 0 saturated heterocycles. The molecule has 1 aliphatic rings. The van der Waals surface area contributed by atoms with Crippen molar-refractivity contribution in [1.82, 2.24) is 10.3 Å². The Hall–Kier alpha value is -2.32. The van der Waals surface area contributed by atoms with Crippen LogP contribution in [-0.2, 0) is 15.8 Å². The molecule has 2 N–H and O–H groups in total. The van der Waals surface area contributed by atoms with Gasteiger partial charge >= 0.3 is 18.1 Å². The second-order valence-corrected chi connectivity index (χ2v) is 5.25. The molecule has 1 amide bonds. The van der Waals surface area contributed by atoms with Gasteiger partial charge in [-0.15, -0.1) is 0 Å². The summed E-state index contributed by atoms with van der Waals surface area (Å²) in [5, 5.41) is 10.9. The van der Waals surface area contributed by atoms with Crippen molar-refractivity contribution in [1.29, 1.82) is 0 Å². The maximum absolute atomic E-state index is 12.4. The number of carbonyl (C=O) groups is 2. The van der Waals surface area contributed by atoms with Crippen molar-refractivity contribution >= 4 is 11.9 Å². The van der Waals surface area contributed by atoms with Gasteiger partial charge in [0.15, 0.2) is 0 Å². The summed E-state index contributed by atoms with van der Waals surface area (Å²) in [7, 11) is 0. The van der Waals surface area contributed by atoms with Gasteiger partial charge in [-0.05, 0) is 31.7 Å². The van der Waals surface area contributed by atoms with Crippen molar-refractivity contribution < 1.29 is 32.6 Å². The van der Waals surface area contributed by atoms with Crippen molar-refractivity contribution in [3.8, 4) is 5.88 Å². The number of hydrogen-bond acceptors (Lipinski definition) is 4. The highest BCUT2D eigenvalue weighted by atomic mass is 19.4. The van der Waals surface area contributed by atoms with E-state index in [2.05, 4.69) is 10.3 Å². The summed E-state index contributed by atoms with van der Waals surface area (Å²) in [5.41, 5.74) is -0.843. The lowest BCUT2D eigenvalue weighted by Crippen LogP contribution is -2.42. The van der Waals surface area contributed by atoms with E-state index in [1.54, 1.807) is 0 Å². The first-order valence-electron chi connectivity index (χ1n) is 6.99. The molecule has 126 valence electrons. The minimum Gasteiger partial charge on any atom is -0.474 e. The van der Waals surface area contributed by atoms with Crippen LogP contribution in [0, 0.1) is 0 Å². The van der Waals surface area contributed by atoms with Crippen LogP contribution in [0.5, 0.6) is 5.88 Å². The fourth-order valence-corrected chi connectivity index (χ4v) is 2.36. The maximum Gasteiger partial charge on any atom is 0.417 e. The Morgan fingerprint density at radius 1 is 1.22 bits per heavy atom. The average Bonchev–Trinajstić information content (AvgIpc) is 2.49. The number of carboxylic acids is 1. The molecule has 0 radical (unpaired) electrons. The Labute approximate surface area is 129 Å². The molecule has 6 nitrogen and oxygen atoms in total. The van der Waals surface area contributed by atoms with Crippen molar-refractivity contribution in [2.75, 3.05) is 0 Å². The van der Waals surface area contributed by atoms with Crippen molar-refractivity contribution in [3.05, 3.63) is 23.9 Å². The molecular formula is C14H15F3N2O4. The fourth-order valence-electron chi connectivity index (χ4n) is 2.36. The predicted molar refractivity (Wildman–Crippen MR) is 71.7 cm³/mol. The summed E-state index contributed by atoms with van der Waals surface area (Å²) in [6.45, 7) is 0. The first-order chi connectivity index (χ1) is 10.8. The zero-order chi connectivity index (χ0) is 17.0. The smallest absolute Gasteiger partial charge is 0.417 e. The van der Waals surface area contributed by atoms with E-state index in [9.17, 15) is 22.8 Å².